The average molecular weight is 525 g/mol. The lowest BCUT2D eigenvalue weighted by molar-refractivity contribution is -0.135. The summed E-state index contributed by atoms with van der Waals surface area (Å²) < 4.78 is 12.0. The molecule has 2 heterocycles. The van der Waals surface area contributed by atoms with Crippen LogP contribution in [0.1, 0.15) is 24.8 Å². The van der Waals surface area contributed by atoms with Crippen LogP contribution in [-0.4, -0.2) is 61.1 Å². The van der Waals surface area contributed by atoms with Crippen LogP contribution in [0.15, 0.2) is 54.6 Å². The normalized spacial score (nSPS) is 19.7. The summed E-state index contributed by atoms with van der Waals surface area (Å²) in [5, 5.41) is 6.07. The van der Waals surface area contributed by atoms with Crippen LogP contribution in [-0.2, 0) is 16.2 Å². The minimum Gasteiger partial charge on any atom is -0.490 e. The number of ether oxygens (including phenoxy) is 2. The summed E-state index contributed by atoms with van der Waals surface area (Å²) >= 11 is 0. The fourth-order valence-electron chi connectivity index (χ4n) is 4.28. The molecule has 2 aliphatic rings. The van der Waals surface area contributed by atoms with Gasteiger partial charge in [-0.05, 0) is 36.2 Å². The van der Waals surface area contributed by atoms with E-state index >= 15 is 0 Å². The number of likely N-dealkylation sites (tertiary alicyclic amines) is 1. The second kappa shape index (κ2) is 14.1. The van der Waals surface area contributed by atoms with Crippen molar-refractivity contribution < 1.29 is 19.1 Å². The van der Waals surface area contributed by atoms with Gasteiger partial charge in [-0.25, -0.2) is 0 Å². The summed E-state index contributed by atoms with van der Waals surface area (Å²) in [5.41, 5.74) is 6.47. The zero-order valence-corrected chi connectivity index (χ0v) is 21.2. The summed E-state index contributed by atoms with van der Waals surface area (Å²) in [6, 6.07) is 17.4. The van der Waals surface area contributed by atoms with E-state index in [9.17, 15) is 9.59 Å². The molecule has 0 saturated carbocycles. The molecule has 2 aromatic carbocycles. The largest absolute Gasteiger partial charge is 0.490 e. The standard InChI is InChI=1S/C25H32N4O4.2ClH/c26-15-24(30)28-19-14-23(27-16-19)25(31)29-12-10-22(11-13-29)33-21-8-6-20(7-9-21)32-17-18-4-2-1-3-5-18;;/h1-9,19,22-23,27H,10-17,26H2,(H,28,30);2*1H/t19?,23-;;/m0../s1. The van der Waals surface area contributed by atoms with Gasteiger partial charge in [0, 0.05) is 38.5 Å². The summed E-state index contributed by atoms with van der Waals surface area (Å²) in [6.07, 6.45) is 2.26. The van der Waals surface area contributed by atoms with Crippen molar-refractivity contribution in [2.45, 2.75) is 44.1 Å². The number of hydrogen-bond donors (Lipinski definition) is 3. The third-order valence-electron chi connectivity index (χ3n) is 6.11. The number of hydrogen-bond acceptors (Lipinski definition) is 6. The lowest BCUT2D eigenvalue weighted by Gasteiger charge is -2.33. The minimum absolute atomic E-state index is 0. The Morgan fingerprint density at radius 3 is 2.31 bits per heavy atom. The molecular weight excluding hydrogens is 491 g/mol. The number of benzene rings is 2. The summed E-state index contributed by atoms with van der Waals surface area (Å²) in [6.45, 7) is 2.42. The Kier molecular flexibility index (Phi) is 11.6. The van der Waals surface area contributed by atoms with Gasteiger partial charge in [-0.3, -0.25) is 9.59 Å². The molecule has 2 atom stereocenters. The molecule has 0 bridgehead atoms. The van der Waals surface area contributed by atoms with Gasteiger partial charge >= 0.3 is 0 Å². The molecule has 0 aromatic heterocycles. The lowest BCUT2D eigenvalue weighted by Crippen LogP contribution is -2.48. The molecular formula is C25H34Cl2N4O4. The van der Waals surface area contributed by atoms with Gasteiger partial charge < -0.3 is 30.7 Å². The quantitative estimate of drug-likeness (QED) is 0.489. The van der Waals surface area contributed by atoms with Crippen molar-refractivity contribution in [2.24, 2.45) is 5.73 Å². The number of amides is 2. The van der Waals surface area contributed by atoms with Crippen LogP contribution in [0.2, 0.25) is 0 Å². The maximum absolute atomic E-state index is 12.8. The van der Waals surface area contributed by atoms with E-state index in [1.54, 1.807) is 0 Å². The second-order valence-corrected chi connectivity index (χ2v) is 8.55. The first-order valence-corrected chi connectivity index (χ1v) is 11.6. The molecule has 2 amide bonds. The van der Waals surface area contributed by atoms with E-state index < -0.39 is 0 Å². The number of nitrogens with two attached hydrogens (primary N) is 1. The molecule has 0 radical (unpaired) electrons. The molecule has 2 aromatic rings. The van der Waals surface area contributed by atoms with Gasteiger partial charge in [0.25, 0.3) is 0 Å². The summed E-state index contributed by atoms with van der Waals surface area (Å²) in [5.74, 6) is 1.51. The van der Waals surface area contributed by atoms with E-state index in [0.717, 1.165) is 29.9 Å². The number of halogens is 2. The Hall–Kier alpha value is -2.52. The Morgan fingerprint density at radius 2 is 1.66 bits per heavy atom. The molecule has 4 N–H and O–H groups in total. The van der Waals surface area contributed by atoms with Crippen LogP contribution >= 0.6 is 24.8 Å². The lowest BCUT2D eigenvalue weighted by atomic mass is 10.1. The van der Waals surface area contributed by atoms with Crippen molar-refractivity contribution in [2.75, 3.05) is 26.2 Å². The van der Waals surface area contributed by atoms with Gasteiger partial charge in [0.1, 0.15) is 24.2 Å². The van der Waals surface area contributed by atoms with Gasteiger partial charge in [0.05, 0.1) is 12.6 Å². The van der Waals surface area contributed by atoms with Crippen LogP contribution in [0.4, 0.5) is 0 Å². The van der Waals surface area contributed by atoms with Gasteiger partial charge in [0.15, 0.2) is 0 Å². The van der Waals surface area contributed by atoms with Crippen LogP contribution in [0.5, 0.6) is 11.5 Å². The first-order chi connectivity index (χ1) is 16.1. The Labute approximate surface area is 218 Å². The first kappa shape index (κ1) is 28.7. The van der Waals surface area contributed by atoms with E-state index in [2.05, 4.69) is 10.6 Å². The van der Waals surface area contributed by atoms with Crippen LogP contribution in [0.25, 0.3) is 0 Å². The monoisotopic (exact) mass is 524 g/mol. The van der Waals surface area contributed by atoms with Gasteiger partial charge in [-0.2, -0.15) is 0 Å². The van der Waals surface area contributed by atoms with Gasteiger partial charge in [-0.15, -0.1) is 24.8 Å². The molecule has 8 nitrogen and oxygen atoms in total. The van der Waals surface area contributed by atoms with E-state index in [1.807, 2.05) is 59.5 Å². The van der Waals surface area contributed by atoms with Gasteiger partial charge in [0.2, 0.25) is 11.8 Å². The highest BCUT2D eigenvalue weighted by Gasteiger charge is 2.34. The molecule has 10 heteroatoms. The van der Waals surface area contributed by atoms with E-state index in [4.69, 9.17) is 15.2 Å². The zero-order chi connectivity index (χ0) is 23.0. The third kappa shape index (κ3) is 8.28. The Morgan fingerprint density at radius 1 is 1.00 bits per heavy atom. The molecule has 2 saturated heterocycles. The highest BCUT2D eigenvalue weighted by Crippen LogP contribution is 2.23. The fourth-order valence-corrected chi connectivity index (χ4v) is 4.28. The van der Waals surface area contributed by atoms with Crippen LogP contribution in [0, 0.1) is 0 Å². The van der Waals surface area contributed by atoms with E-state index in [-0.39, 0.29) is 61.4 Å². The second-order valence-electron chi connectivity index (χ2n) is 8.55. The topological polar surface area (TPSA) is 106 Å². The highest BCUT2D eigenvalue weighted by molar-refractivity contribution is 5.85. The molecule has 192 valence electrons. The Balaban J connectivity index is 0.00000216. The number of nitrogens with zero attached hydrogens (tertiary/aromatic N) is 1. The van der Waals surface area contributed by atoms with E-state index in [1.165, 1.54) is 0 Å². The third-order valence-corrected chi connectivity index (χ3v) is 6.11. The molecule has 4 rings (SSSR count). The maximum Gasteiger partial charge on any atom is 0.239 e. The average Bonchev–Trinajstić information content (AvgIpc) is 3.32. The highest BCUT2D eigenvalue weighted by atomic mass is 35.5. The van der Waals surface area contributed by atoms with Crippen molar-refractivity contribution in [1.82, 2.24) is 15.5 Å². The molecule has 2 fully saturated rings. The predicted molar refractivity (Wildman–Crippen MR) is 139 cm³/mol. The van der Waals surface area contributed by atoms with E-state index in [0.29, 0.717) is 32.7 Å². The molecule has 2 aliphatic heterocycles. The molecule has 1 unspecified atom stereocenters. The van der Waals surface area contributed by atoms with Crippen molar-refractivity contribution in [3.8, 4) is 11.5 Å². The number of carbonyl (C=O) groups excluding carboxylic acids is 2. The smallest absolute Gasteiger partial charge is 0.239 e. The maximum atomic E-state index is 12.8. The van der Waals surface area contributed by atoms with Crippen LogP contribution in [0.3, 0.4) is 0 Å². The zero-order valence-electron chi connectivity index (χ0n) is 19.6. The molecule has 0 spiro atoms. The fraction of sp³-hybridized carbons (Fsp3) is 0.440. The van der Waals surface area contributed by atoms with Crippen molar-refractivity contribution in [3.63, 3.8) is 0 Å². The predicted octanol–water partition coefficient (Wildman–Crippen LogP) is 2.28. The van der Waals surface area contributed by atoms with Crippen molar-refractivity contribution in [3.05, 3.63) is 60.2 Å². The number of piperidine rings is 1. The first-order valence-electron chi connectivity index (χ1n) is 11.6. The number of rotatable bonds is 8. The number of carbonyl (C=O) groups is 2. The van der Waals surface area contributed by atoms with Gasteiger partial charge in [-0.1, -0.05) is 30.3 Å². The molecule has 0 aliphatic carbocycles. The summed E-state index contributed by atoms with van der Waals surface area (Å²) in [4.78, 5) is 26.2. The molecule has 35 heavy (non-hydrogen) atoms. The minimum atomic E-state index is -0.256. The SMILES string of the molecule is Cl.Cl.NCC(=O)NC1CN[C@H](C(=O)N2CCC(Oc3ccc(OCc4ccccc4)cc3)CC2)C1. The van der Waals surface area contributed by atoms with Crippen LogP contribution < -0.4 is 25.8 Å². The Bertz CT molecular complexity index is 925. The van der Waals surface area contributed by atoms with Crippen molar-refractivity contribution in [1.29, 1.82) is 0 Å². The van der Waals surface area contributed by atoms with Crippen molar-refractivity contribution >= 4 is 36.6 Å². The summed E-state index contributed by atoms with van der Waals surface area (Å²) in [7, 11) is 0. The number of nitrogens with one attached hydrogen (secondary N) is 2.